The van der Waals surface area contributed by atoms with Gasteiger partial charge in [-0.25, -0.2) is 13.2 Å². The smallest absolute Gasteiger partial charge is 0.167 e. The minimum atomic E-state index is -1.03. The molecule has 0 amide bonds. The van der Waals surface area contributed by atoms with E-state index in [2.05, 4.69) is 20.8 Å². The monoisotopic (exact) mass is 514 g/mol. The zero-order valence-corrected chi connectivity index (χ0v) is 23.1. The first-order valence-corrected chi connectivity index (χ1v) is 13.7. The molecular weight excluding hydrogens is 477 g/mol. The van der Waals surface area contributed by atoms with E-state index in [1.54, 1.807) is 12.1 Å². The fourth-order valence-electron chi connectivity index (χ4n) is 5.18. The minimum Gasteiger partial charge on any atom is -0.206 e. The summed E-state index contributed by atoms with van der Waals surface area (Å²) < 4.78 is 45.9. The molecule has 0 nitrogen and oxygen atoms in total. The Hall–Kier alpha value is -3.33. The quantitative estimate of drug-likeness (QED) is 0.208. The van der Waals surface area contributed by atoms with Gasteiger partial charge in [0.2, 0.25) is 0 Å². The third kappa shape index (κ3) is 5.88. The van der Waals surface area contributed by atoms with E-state index in [1.165, 1.54) is 29.3 Å². The van der Waals surface area contributed by atoms with Crippen LogP contribution >= 0.6 is 0 Å². The topological polar surface area (TPSA) is 0 Å². The van der Waals surface area contributed by atoms with Crippen molar-refractivity contribution >= 4 is 0 Å². The Labute approximate surface area is 225 Å². The summed E-state index contributed by atoms with van der Waals surface area (Å²) in [6.07, 6.45) is 5.27. The lowest BCUT2D eigenvalue weighted by atomic mass is 9.90. The molecule has 0 aliphatic carbocycles. The van der Waals surface area contributed by atoms with Crippen molar-refractivity contribution in [2.75, 3.05) is 0 Å². The summed E-state index contributed by atoms with van der Waals surface area (Å²) in [6.45, 7) is 10.6. The maximum atomic E-state index is 15.4. The van der Waals surface area contributed by atoms with E-state index in [0.717, 1.165) is 48.8 Å². The standard InChI is InChI=1S/C35H37F3/c1-6-8-25-10-12-26(13-11-25)27-14-16-31(33(36)21-27)32-18-17-30(34(37)35(32)38)28-19-23(4)29(24(5)20-28)15-9-22(3)7-2/h10-14,16-22H,6-9,15H2,1-5H3/t22-/m0/s1. The number of benzene rings is 4. The highest BCUT2D eigenvalue weighted by atomic mass is 19.2. The number of hydrogen-bond donors (Lipinski definition) is 0. The molecule has 0 aromatic heterocycles. The van der Waals surface area contributed by atoms with Gasteiger partial charge in [-0.15, -0.1) is 0 Å². The second-order valence-electron chi connectivity index (χ2n) is 10.6. The van der Waals surface area contributed by atoms with Crippen LogP contribution in [0.2, 0.25) is 0 Å². The van der Waals surface area contributed by atoms with Gasteiger partial charge in [0.25, 0.3) is 0 Å². The van der Waals surface area contributed by atoms with E-state index in [0.29, 0.717) is 17.0 Å². The molecule has 0 unspecified atom stereocenters. The molecule has 0 bridgehead atoms. The van der Waals surface area contributed by atoms with Crippen LogP contribution in [0.5, 0.6) is 0 Å². The Morgan fingerprint density at radius 1 is 0.632 bits per heavy atom. The number of hydrogen-bond acceptors (Lipinski definition) is 0. The van der Waals surface area contributed by atoms with Crippen LogP contribution in [-0.4, -0.2) is 0 Å². The summed E-state index contributed by atoms with van der Waals surface area (Å²) in [5.41, 5.74) is 7.05. The number of halogens is 3. The van der Waals surface area contributed by atoms with Crippen molar-refractivity contribution < 1.29 is 13.2 Å². The summed E-state index contributed by atoms with van der Waals surface area (Å²) >= 11 is 0. The van der Waals surface area contributed by atoms with Crippen LogP contribution in [0.25, 0.3) is 33.4 Å². The molecule has 4 aromatic rings. The van der Waals surface area contributed by atoms with Gasteiger partial charge < -0.3 is 0 Å². The second kappa shape index (κ2) is 12.0. The highest BCUT2D eigenvalue weighted by molar-refractivity contribution is 5.75. The molecule has 0 fully saturated rings. The summed E-state index contributed by atoms with van der Waals surface area (Å²) in [4.78, 5) is 0. The van der Waals surface area contributed by atoms with Gasteiger partial charge in [-0.05, 0) is 84.0 Å². The molecule has 4 rings (SSSR count). The first-order valence-electron chi connectivity index (χ1n) is 13.7. The number of rotatable bonds is 9. The van der Waals surface area contributed by atoms with Crippen molar-refractivity contribution in [2.45, 2.75) is 66.7 Å². The normalized spacial score (nSPS) is 12.1. The third-order valence-electron chi connectivity index (χ3n) is 7.76. The average molecular weight is 515 g/mol. The van der Waals surface area contributed by atoms with Crippen LogP contribution < -0.4 is 0 Å². The van der Waals surface area contributed by atoms with E-state index < -0.39 is 17.5 Å². The predicted octanol–water partition coefficient (Wildman–Crippen LogP) is 10.7. The van der Waals surface area contributed by atoms with Crippen molar-refractivity contribution in [3.8, 4) is 33.4 Å². The highest BCUT2D eigenvalue weighted by Gasteiger charge is 2.19. The van der Waals surface area contributed by atoms with E-state index in [9.17, 15) is 0 Å². The van der Waals surface area contributed by atoms with Gasteiger partial charge in [0.1, 0.15) is 5.82 Å². The van der Waals surface area contributed by atoms with E-state index in [4.69, 9.17) is 0 Å². The maximum absolute atomic E-state index is 15.4. The summed E-state index contributed by atoms with van der Waals surface area (Å²) in [7, 11) is 0. The van der Waals surface area contributed by atoms with Gasteiger partial charge in [-0.2, -0.15) is 0 Å². The molecule has 0 heterocycles. The van der Waals surface area contributed by atoms with Crippen LogP contribution in [0.3, 0.4) is 0 Å². The zero-order valence-electron chi connectivity index (χ0n) is 23.1. The van der Waals surface area contributed by atoms with Crippen LogP contribution in [0, 0.1) is 37.2 Å². The van der Waals surface area contributed by atoms with Gasteiger partial charge in [0.15, 0.2) is 11.6 Å². The Kier molecular flexibility index (Phi) is 8.76. The molecule has 0 N–H and O–H groups in total. The molecule has 0 saturated heterocycles. The molecule has 0 aliphatic heterocycles. The average Bonchev–Trinajstić information content (AvgIpc) is 2.90. The van der Waals surface area contributed by atoms with Gasteiger partial charge in [-0.3, -0.25) is 0 Å². The van der Waals surface area contributed by atoms with Gasteiger partial charge in [0.05, 0.1) is 0 Å². The molecule has 1 atom stereocenters. The van der Waals surface area contributed by atoms with Crippen LogP contribution in [0.1, 0.15) is 62.3 Å². The summed E-state index contributed by atoms with van der Waals surface area (Å²) in [5, 5.41) is 0. The van der Waals surface area contributed by atoms with E-state index >= 15 is 13.2 Å². The molecule has 0 spiro atoms. The van der Waals surface area contributed by atoms with Crippen LogP contribution in [0.15, 0.2) is 66.7 Å². The maximum Gasteiger partial charge on any atom is 0.167 e. The third-order valence-corrected chi connectivity index (χ3v) is 7.76. The Bertz CT molecular complexity index is 1390. The fourth-order valence-corrected chi connectivity index (χ4v) is 5.18. The van der Waals surface area contributed by atoms with Crippen molar-refractivity contribution in [1.29, 1.82) is 0 Å². The molecule has 38 heavy (non-hydrogen) atoms. The Balaban J connectivity index is 1.63. The lowest BCUT2D eigenvalue weighted by molar-refractivity contribution is 0.512. The summed E-state index contributed by atoms with van der Waals surface area (Å²) in [6, 6.07) is 19.6. The van der Waals surface area contributed by atoms with E-state index in [-0.39, 0.29) is 16.7 Å². The van der Waals surface area contributed by atoms with Crippen molar-refractivity contribution in [3.63, 3.8) is 0 Å². The molecule has 0 radical (unpaired) electrons. The van der Waals surface area contributed by atoms with Crippen molar-refractivity contribution in [1.82, 2.24) is 0 Å². The summed E-state index contributed by atoms with van der Waals surface area (Å²) in [5.74, 6) is -1.92. The molecule has 0 saturated carbocycles. The van der Waals surface area contributed by atoms with Crippen LogP contribution in [-0.2, 0) is 12.8 Å². The highest BCUT2D eigenvalue weighted by Crippen LogP contribution is 2.35. The van der Waals surface area contributed by atoms with Crippen LogP contribution in [0.4, 0.5) is 13.2 Å². The van der Waals surface area contributed by atoms with Crippen molar-refractivity contribution in [3.05, 3.63) is 106 Å². The molecule has 4 aromatic carbocycles. The Morgan fingerprint density at radius 2 is 1.21 bits per heavy atom. The SMILES string of the molecule is CCCc1ccc(-c2ccc(-c3ccc(-c4cc(C)c(CC[C@@H](C)CC)c(C)c4)c(F)c3F)c(F)c2)cc1. The fraction of sp³-hybridized carbons (Fsp3) is 0.314. The molecule has 0 aliphatic rings. The van der Waals surface area contributed by atoms with Gasteiger partial charge in [-0.1, -0.05) is 94.3 Å². The number of aryl methyl sites for hydroxylation is 3. The predicted molar refractivity (Wildman–Crippen MR) is 154 cm³/mol. The first kappa shape index (κ1) is 27.7. The van der Waals surface area contributed by atoms with Gasteiger partial charge in [0, 0.05) is 16.7 Å². The molecule has 3 heteroatoms. The van der Waals surface area contributed by atoms with Crippen molar-refractivity contribution in [2.24, 2.45) is 5.92 Å². The first-order chi connectivity index (χ1) is 18.2. The minimum absolute atomic E-state index is 0.0482. The Morgan fingerprint density at radius 3 is 1.82 bits per heavy atom. The second-order valence-corrected chi connectivity index (χ2v) is 10.6. The zero-order chi connectivity index (χ0) is 27.4. The van der Waals surface area contributed by atoms with E-state index in [1.807, 2.05) is 50.2 Å². The largest absolute Gasteiger partial charge is 0.206 e. The van der Waals surface area contributed by atoms with Gasteiger partial charge >= 0.3 is 0 Å². The lowest BCUT2D eigenvalue weighted by Gasteiger charge is -2.16. The molecule has 198 valence electrons. The lowest BCUT2D eigenvalue weighted by Crippen LogP contribution is -2.01. The molecular formula is C35H37F3.